The highest BCUT2D eigenvalue weighted by Crippen LogP contribution is 2.28. The molecule has 1 amide bonds. The first-order valence-corrected chi connectivity index (χ1v) is 9.46. The number of pyridine rings is 1. The molecular formula is C21H20FN5O. The molecule has 4 heterocycles. The standard InChI is InChI=1S/C21H20FN5O/c1-13-4-7-27-12-18(23-19(27)10-13)21(28)26-8-5-14(6-9-26)20-24-16-3-2-15(22)11-17(16)25-20/h2-4,7,10-12,14H,5-6,8-9H2,1H3,(H,24,25). The van der Waals surface area contributed by atoms with Crippen molar-refractivity contribution < 1.29 is 9.18 Å². The minimum absolute atomic E-state index is 0.0357. The number of nitrogens with one attached hydrogen (secondary N) is 1. The van der Waals surface area contributed by atoms with Crippen LogP contribution in [0.2, 0.25) is 0 Å². The Morgan fingerprint density at radius 2 is 2.00 bits per heavy atom. The number of fused-ring (bicyclic) bond motifs is 2. The molecule has 0 aliphatic carbocycles. The van der Waals surface area contributed by atoms with Crippen LogP contribution in [-0.2, 0) is 0 Å². The van der Waals surface area contributed by atoms with E-state index in [1.165, 1.54) is 12.1 Å². The zero-order valence-electron chi connectivity index (χ0n) is 15.5. The molecule has 0 saturated carbocycles. The lowest BCUT2D eigenvalue weighted by molar-refractivity contribution is 0.0706. The summed E-state index contributed by atoms with van der Waals surface area (Å²) in [5.41, 5.74) is 3.86. The summed E-state index contributed by atoms with van der Waals surface area (Å²) in [4.78, 5) is 27.0. The van der Waals surface area contributed by atoms with Gasteiger partial charge in [0.1, 0.15) is 23.0 Å². The van der Waals surface area contributed by atoms with Gasteiger partial charge in [-0.1, -0.05) is 0 Å². The summed E-state index contributed by atoms with van der Waals surface area (Å²) in [6.07, 6.45) is 5.35. The molecule has 3 aromatic heterocycles. The molecule has 6 nitrogen and oxygen atoms in total. The van der Waals surface area contributed by atoms with Crippen molar-refractivity contribution in [3.8, 4) is 0 Å². The van der Waals surface area contributed by atoms with Crippen LogP contribution in [0.3, 0.4) is 0 Å². The highest BCUT2D eigenvalue weighted by molar-refractivity contribution is 5.93. The monoisotopic (exact) mass is 377 g/mol. The van der Waals surface area contributed by atoms with E-state index in [9.17, 15) is 9.18 Å². The molecule has 1 aliphatic heterocycles. The lowest BCUT2D eigenvalue weighted by atomic mass is 9.96. The third-order valence-electron chi connectivity index (χ3n) is 5.47. The number of amides is 1. The highest BCUT2D eigenvalue weighted by Gasteiger charge is 2.27. The molecule has 1 fully saturated rings. The predicted octanol–water partition coefficient (Wildman–Crippen LogP) is 3.68. The fourth-order valence-electron chi connectivity index (χ4n) is 3.90. The number of piperidine rings is 1. The van der Waals surface area contributed by atoms with Gasteiger partial charge >= 0.3 is 0 Å². The van der Waals surface area contributed by atoms with Gasteiger partial charge in [-0.15, -0.1) is 0 Å². The van der Waals surface area contributed by atoms with E-state index >= 15 is 0 Å². The Kier molecular flexibility index (Phi) is 3.89. The molecule has 0 radical (unpaired) electrons. The van der Waals surface area contributed by atoms with Crippen LogP contribution in [0.5, 0.6) is 0 Å². The van der Waals surface area contributed by atoms with Gasteiger partial charge in [-0.2, -0.15) is 0 Å². The molecule has 28 heavy (non-hydrogen) atoms. The van der Waals surface area contributed by atoms with Gasteiger partial charge in [-0.3, -0.25) is 4.79 Å². The van der Waals surface area contributed by atoms with E-state index in [1.54, 1.807) is 12.3 Å². The summed E-state index contributed by atoms with van der Waals surface area (Å²) < 4.78 is 15.3. The van der Waals surface area contributed by atoms with Gasteiger partial charge in [0.15, 0.2) is 0 Å². The number of aryl methyl sites for hydroxylation is 1. The molecule has 7 heteroatoms. The first-order valence-electron chi connectivity index (χ1n) is 9.46. The molecule has 0 spiro atoms. The molecule has 1 aromatic carbocycles. The summed E-state index contributed by atoms with van der Waals surface area (Å²) >= 11 is 0. The van der Waals surface area contributed by atoms with E-state index in [-0.39, 0.29) is 17.6 Å². The van der Waals surface area contributed by atoms with Crippen molar-refractivity contribution in [2.24, 2.45) is 0 Å². The molecule has 0 unspecified atom stereocenters. The molecule has 1 saturated heterocycles. The molecule has 0 bridgehead atoms. The number of carbonyl (C=O) groups excluding carboxylic acids is 1. The largest absolute Gasteiger partial charge is 0.342 e. The molecule has 1 aliphatic rings. The number of carbonyl (C=O) groups is 1. The number of rotatable bonds is 2. The maximum atomic E-state index is 13.4. The lowest BCUT2D eigenvalue weighted by Crippen LogP contribution is -2.38. The molecular weight excluding hydrogens is 357 g/mol. The average Bonchev–Trinajstić information content (AvgIpc) is 3.30. The quantitative estimate of drug-likeness (QED) is 0.580. The van der Waals surface area contributed by atoms with Crippen molar-refractivity contribution in [1.29, 1.82) is 0 Å². The van der Waals surface area contributed by atoms with Crippen LogP contribution in [0.4, 0.5) is 4.39 Å². The third kappa shape index (κ3) is 2.93. The second kappa shape index (κ2) is 6.44. The van der Waals surface area contributed by atoms with E-state index < -0.39 is 0 Å². The van der Waals surface area contributed by atoms with Gasteiger partial charge in [0.25, 0.3) is 5.91 Å². The first-order chi connectivity index (χ1) is 13.6. The SMILES string of the molecule is Cc1ccn2cc(C(=O)N3CCC(c4nc5ccc(F)cc5[nH]4)CC3)nc2c1. The number of likely N-dealkylation sites (tertiary alicyclic amines) is 1. The number of halogens is 1. The van der Waals surface area contributed by atoms with Crippen molar-refractivity contribution in [1.82, 2.24) is 24.3 Å². The fourth-order valence-corrected chi connectivity index (χ4v) is 3.90. The number of aromatic amines is 1. The number of hydrogen-bond acceptors (Lipinski definition) is 3. The van der Waals surface area contributed by atoms with E-state index in [2.05, 4.69) is 15.0 Å². The minimum atomic E-state index is -0.272. The second-order valence-corrected chi connectivity index (χ2v) is 7.45. The number of aromatic nitrogens is 4. The first kappa shape index (κ1) is 16.9. The Bertz CT molecular complexity index is 1190. The number of imidazole rings is 2. The summed E-state index contributed by atoms with van der Waals surface area (Å²) in [6.45, 7) is 3.32. The Balaban J connectivity index is 1.30. The van der Waals surface area contributed by atoms with Gasteiger partial charge in [0, 0.05) is 31.4 Å². The maximum absolute atomic E-state index is 13.4. The number of nitrogens with zero attached hydrogens (tertiary/aromatic N) is 4. The minimum Gasteiger partial charge on any atom is -0.342 e. The second-order valence-electron chi connectivity index (χ2n) is 7.45. The van der Waals surface area contributed by atoms with Gasteiger partial charge in [0.2, 0.25) is 0 Å². The van der Waals surface area contributed by atoms with Crippen LogP contribution in [0, 0.1) is 12.7 Å². The summed E-state index contributed by atoms with van der Waals surface area (Å²) in [5, 5.41) is 0. The topological polar surface area (TPSA) is 66.3 Å². The number of H-pyrrole nitrogens is 1. The summed E-state index contributed by atoms with van der Waals surface area (Å²) in [6, 6.07) is 8.54. The molecule has 0 atom stereocenters. The highest BCUT2D eigenvalue weighted by atomic mass is 19.1. The van der Waals surface area contributed by atoms with Gasteiger partial charge in [0.05, 0.1) is 11.0 Å². The van der Waals surface area contributed by atoms with Crippen LogP contribution in [-0.4, -0.2) is 43.2 Å². The molecule has 4 aromatic rings. The van der Waals surface area contributed by atoms with Crippen LogP contribution in [0.1, 0.15) is 40.6 Å². The van der Waals surface area contributed by atoms with Crippen molar-refractivity contribution >= 4 is 22.6 Å². The van der Waals surface area contributed by atoms with Gasteiger partial charge < -0.3 is 14.3 Å². The molecule has 142 valence electrons. The number of benzene rings is 1. The lowest BCUT2D eigenvalue weighted by Gasteiger charge is -2.30. The predicted molar refractivity (Wildman–Crippen MR) is 104 cm³/mol. The van der Waals surface area contributed by atoms with Crippen LogP contribution in [0.25, 0.3) is 16.7 Å². The van der Waals surface area contributed by atoms with Crippen molar-refractivity contribution in [2.75, 3.05) is 13.1 Å². The van der Waals surface area contributed by atoms with Gasteiger partial charge in [-0.05, 0) is 55.7 Å². The Hall–Kier alpha value is -3.22. The van der Waals surface area contributed by atoms with E-state index in [0.717, 1.165) is 35.4 Å². The smallest absolute Gasteiger partial charge is 0.274 e. The average molecular weight is 377 g/mol. The zero-order valence-corrected chi connectivity index (χ0v) is 15.5. The van der Waals surface area contributed by atoms with Crippen LogP contribution < -0.4 is 0 Å². The van der Waals surface area contributed by atoms with Crippen molar-refractivity contribution in [3.05, 3.63) is 65.6 Å². The zero-order chi connectivity index (χ0) is 19.3. The Morgan fingerprint density at radius 1 is 1.18 bits per heavy atom. The Morgan fingerprint density at radius 3 is 2.82 bits per heavy atom. The van der Waals surface area contributed by atoms with Crippen LogP contribution in [0.15, 0.2) is 42.7 Å². The normalized spacial score (nSPS) is 15.6. The third-order valence-corrected chi connectivity index (χ3v) is 5.47. The van der Waals surface area contributed by atoms with E-state index in [1.807, 2.05) is 34.6 Å². The van der Waals surface area contributed by atoms with E-state index in [0.29, 0.717) is 24.3 Å². The number of hydrogen-bond donors (Lipinski definition) is 1. The summed E-state index contributed by atoms with van der Waals surface area (Å²) in [7, 11) is 0. The van der Waals surface area contributed by atoms with Crippen molar-refractivity contribution in [2.45, 2.75) is 25.7 Å². The Labute approximate surface area is 161 Å². The van der Waals surface area contributed by atoms with Crippen molar-refractivity contribution in [3.63, 3.8) is 0 Å². The van der Waals surface area contributed by atoms with E-state index in [4.69, 9.17) is 0 Å². The maximum Gasteiger partial charge on any atom is 0.274 e. The van der Waals surface area contributed by atoms with Crippen LogP contribution >= 0.6 is 0 Å². The fraction of sp³-hybridized carbons (Fsp3) is 0.286. The molecule has 5 rings (SSSR count). The van der Waals surface area contributed by atoms with Gasteiger partial charge in [-0.25, -0.2) is 14.4 Å². The summed E-state index contributed by atoms with van der Waals surface area (Å²) in [5.74, 6) is 0.802. The molecule has 1 N–H and O–H groups in total.